The van der Waals surface area contributed by atoms with Crippen LogP contribution in [0.5, 0.6) is 5.75 Å². The Kier molecular flexibility index (Phi) is 8.55. The zero-order valence-corrected chi connectivity index (χ0v) is 15.7. The summed E-state index contributed by atoms with van der Waals surface area (Å²) in [6, 6.07) is 8.09. The zero-order valence-electron chi connectivity index (χ0n) is 15.7. The molecule has 0 saturated carbocycles. The molecule has 0 aliphatic carbocycles. The Morgan fingerprint density at radius 3 is 2.92 bits per heavy atom. The van der Waals surface area contributed by atoms with Crippen molar-refractivity contribution in [2.45, 2.75) is 19.9 Å². The van der Waals surface area contributed by atoms with Crippen LogP contribution in [-0.4, -0.2) is 64.5 Å². The second-order valence-corrected chi connectivity index (χ2v) is 6.21. The molecule has 1 atom stereocenters. The van der Waals surface area contributed by atoms with Crippen LogP contribution in [0.15, 0.2) is 29.3 Å². The van der Waals surface area contributed by atoms with Crippen molar-refractivity contribution in [3.63, 3.8) is 0 Å². The highest BCUT2D eigenvalue weighted by molar-refractivity contribution is 5.80. The Hall–Kier alpha value is -1.79. The van der Waals surface area contributed by atoms with E-state index in [1.807, 2.05) is 18.2 Å². The summed E-state index contributed by atoms with van der Waals surface area (Å²) in [4.78, 5) is 7.13. The van der Waals surface area contributed by atoms with Gasteiger partial charge < -0.3 is 24.4 Å². The Morgan fingerprint density at radius 2 is 2.16 bits per heavy atom. The zero-order chi connectivity index (χ0) is 17.9. The summed E-state index contributed by atoms with van der Waals surface area (Å²) in [5.41, 5.74) is 1.14. The summed E-state index contributed by atoms with van der Waals surface area (Å²) in [7, 11) is 3.44. The first kappa shape index (κ1) is 19.5. The van der Waals surface area contributed by atoms with Gasteiger partial charge in [-0.3, -0.25) is 0 Å². The molecule has 0 bridgehead atoms. The smallest absolute Gasteiger partial charge is 0.194 e. The molecule has 1 aliphatic rings. The van der Waals surface area contributed by atoms with E-state index in [4.69, 9.17) is 19.2 Å². The molecule has 1 saturated heterocycles. The van der Waals surface area contributed by atoms with E-state index in [1.54, 1.807) is 14.2 Å². The molecule has 1 N–H and O–H groups in total. The number of guanidine groups is 1. The number of nitrogens with one attached hydrogen (secondary N) is 1. The molecular weight excluding hydrogens is 318 g/mol. The maximum absolute atomic E-state index is 5.67. The molecule has 0 radical (unpaired) electrons. The van der Waals surface area contributed by atoms with Gasteiger partial charge in [-0.25, -0.2) is 4.99 Å². The minimum Gasteiger partial charge on any atom is -0.491 e. The van der Waals surface area contributed by atoms with Crippen molar-refractivity contribution in [2.24, 2.45) is 10.9 Å². The second kappa shape index (κ2) is 10.9. The number of methoxy groups -OCH3 is 2. The highest BCUT2D eigenvalue weighted by atomic mass is 16.5. The quantitative estimate of drug-likeness (QED) is 0.421. The van der Waals surface area contributed by atoms with Crippen molar-refractivity contribution in [1.29, 1.82) is 0 Å². The maximum atomic E-state index is 5.67. The third-order valence-electron chi connectivity index (χ3n) is 4.19. The lowest BCUT2D eigenvalue weighted by molar-refractivity contribution is 0.146. The first-order valence-corrected chi connectivity index (χ1v) is 8.99. The fourth-order valence-electron chi connectivity index (χ4n) is 2.97. The van der Waals surface area contributed by atoms with Gasteiger partial charge in [0.25, 0.3) is 0 Å². The van der Waals surface area contributed by atoms with Crippen LogP contribution < -0.4 is 10.1 Å². The Labute approximate surface area is 151 Å². The molecule has 1 aliphatic heterocycles. The molecule has 1 aromatic rings. The first-order chi connectivity index (χ1) is 12.3. The maximum Gasteiger partial charge on any atom is 0.194 e. The van der Waals surface area contributed by atoms with Crippen LogP contribution in [0.1, 0.15) is 18.9 Å². The highest BCUT2D eigenvalue weighted by Gasteiger charge is 2.24. The summed E-state index contributed by atoms with van der Waals surface area (Å²) >= 11 is 0. The minimum atomic E-state index is 0.556. The van der Waals surface area contributed by atoms with Gasteiger partial charge >= 0.3 is 0 Å². The number of aliphatic imine (C=N–C) groups is 1. The van der Waals surface area contributed by atoms with Crippen LogP contribution >= 0.6 is 0 Å². The number of benzene rings is 1. The lowest BCUT2D eigenvalue weighted by atomic mass is 10.1. The summed E-state index contributed by atoms with van der Waals surface area (Å²) < 4.78 is 16.0. The lowest BCUT2D eigenvalue weighted by Gasteiger charge is -2.21. The molecule has 1 heterocycles. The van der Waals surface area contributed by atoms with Gasteiger partial charge in [-0.05, 0) is 31.0 Å². The van der Waals surface area contributed by atoms with Gasteiger partial charge in [0.2, 0.25) is 0 Å². The van der Waals surface area contributed by atoms with Crippen molar-refractivity contribution in [3.8, 4) is 5.75 Å². The molecule has 6 heteroatoms. The van der Waals surface area contributed by atoms with Gasteiger partial charge in [0.15, 0.2) is 5.96 Å². The third kappa shape index (κ3) is 6.55. The van der Waals surface area contributed by atoms with E-state index in [0.717, 1.165) is 49.9 Å². The monoisotopic (exact) mass is 349 g/mol. The average Bonchev–Trinajstić information content (AvgIpc) is 3.08. The van der Waals surface area contributed by atoms with Crippen LogP contribution in [0, 0.1) is 5.92 Å². The fraction of sp³-hybridized carbons (Fsp3) is 0.632. The molecule has 1 aromatic carbocycles. The van der Waals surface area contributed by atoms with Gasteiger partial charge in [0, 0.05) is 39.8 Å². The van der Waals surface area contributed by atoms with E-state index in [9.17, 15) is 0 Å². The van der Waals surface area contributed by atoms with Crippen LogP contribution in [0.3, 0.4) is 0 Å². The second-order valence-electron chi connectivity index (χ2n) is 6.21. The Morgan fingerprint density at radius 1 is 1.28 bits per heavy atom. The average molecular weight is 349 g/mol. The van der Waals surface area contributed by atoms with Crippen molar-refractivity contribution >= 4 is 5.96 Å². The summed E-state index contributed by atoms with van der Waals surface area (Å²) in [6.07, 6.45) is 1.15. The molecule has 0 aromatic heterocycles. The van der Waals surface area contributed by atoms with Gasteiger partial charge in [0.1, 0.15) is 12.4 Å². The summed E-state index contributed by atoms with van der Waals surface area (Å²) in [6.45, 7) is 7.59. The van der Waals surface area contributed by atoms with E-state index in [0.29, 0.717) is 25.7 Å². The SMILES string of the molecule is CCNC(=NCc1cccc(OCCOC)c1)N1CCC(COC)C1. The van der Waals surface area contributed by atoms with Crippen molar-refractivity contribution in [1.82, 2.24) is 10.2 Å². The van der Waals surface area contributed by atoms with Crippen molar-refractivity contribution in [2.75, 3.05) is 53.7 Å². The van der Waals surface area contributed by atoms with Gasteiger partial charge in [-0.15, -0.1) is 0 Å². The van der Waals surface area contributed by atoms with E-state index < -0.39 is 0 Å². The van der Waals surface area contributed by atoms with E-state index in [2.05, 4.69) is 23.2 Å². The fourth-order valence-corrected chi connectivity index (χ4v) is 2.97. The van der Waals surface area contributed by atoms with E-state index in [-0.39, 0.29) is 0 Å². The summed E-state index contributed by atoms with van der Waals surface area (Å²) in [5, 5.41) is 3.40. The number of hydrogen-bond donors (Lipinski definition) is 1. The van der Waals surface area contributed by atoms with Crippen LogP contribution in [0.4, 0.5) is 0 Å². The first-order valence-electron chi connectivity index (χ1n) is 8.99. The molecule has 6 nitrogen and oxygen atoms in total. The molecule has 140 valence electrons. The molecule has 2 rings (SSSR count). The normalized spacial score (nSPS) is 17.8. The highest BCUT2D eigenvalue weighted by Crippen LogP contribution is 2.17. The molecular formula is C19H31N3O3. The lowest BCUT2D eigenvalue weighted by Crippen LogP contribution is -2.40. The molecule has 25 heavy (non-hydrogen) atoms. The van der Waals surface area contributed by atoms with Gasteiger partial charge in [0.05, 0.1) is 19.8 Å². The molecule has 1 fully saturated rings. The van der Waals surface area contributed by atoms with Gasteiger partial charge in [-0.1, -0.05) is 12.1 Å². The number of hydrogen-bond acceptors (Lipinski definition) is 4. The predicted molar refractivity (Wildman–Crippen MR) is 100 cm³/mol. The number of likely N-dealkylation sites (tertiary alicyclic amines) is 1. The predicted octanol–water partition coefficient (Wildman–Crippen LogP) is 2.15. The Bertz CT molecular complexity index is 536. The van der Waals surface area contributed by atoms with Crippen molar-refractivity contribution in [3.05, 3.63) is 29.8 Å². The molecule has 0 spiro atoms. The van der Waals surface area contributed by atoms with Crippen LogP contribution in [-0.2, 0) is 16.0 Å². The van der Waals surface area contributed by atoms with Crippen molar-refractivity contribution < 1.29 is 14.2 Å². The van der Waals surface area contributed by atoms with Crippen LogP contribution in [0.2, 0.25) is 0 Å². The minimum absolute atomic E-state index is 0.556. The standard InChI is InChI=1S/C19H31N3O3/c1-4-20-19(22-9-8-17(14-22)15-24-3)21-13-16-6-5-7-18(12-16)25-11-10-23-2/h5-7,12,17H,4,8-11,13-15H2,1-3H3,(H,20,21). The molecule has 0 amide bonds. The number of nitrogens with zero attached hydrogens (tertiary/aromatic N) is 2. The Balaban J connectivity index is 1.95. The largest absolute Gasteiger partial charge is 0.491 e. The third-order valence-corrected chi connectivity index (χ3v) is 4.19. The molecule has 1 unspecified atom stereocenters. The van der Waals surface area contributed by atoms with Crippen LogP contribution in [0.25, 0.3) is 0 Å². The summed E-state index contributed by atoms with van der Waals surface area (Å²) in [5.74, 6) is 2.43. The van der Waals surface area contributed by atoms with Gasteiger partial charge in [-0.2, -0.15) is 0 Å². The van der Waals surface area contributed by atoms with E-state index >= 15 is 0 Å². The topological polar surface area (TPSA) is 55.3 Å². The number of rotatable bonds is 9. The number of ether oxygens (including phenoxy) is 3. The van der Waals surface area contributed by atoms with E-state index in [1.165, 1.54) is 0 Å².